The van der Waals surface area contributed by atoms with Crippen LogP contribution in [-0.4, -0.2) is 32.8 Å². The van der Waals surface area contributed by atoms with Crippen molar-refractivity contribution in [2.24, 2.45) is 5.10 Å². The minimum atomic E-state index is -3.96. The van der Waals surface area contributed by atoms with Crippen LogP contribution in [0.3, 0.4) is 0 Å². The van der Waals surface area contributed by atoms with Gasteiger partial charge < -0.3 is 9.47 Å². The van der Waals surface area contributed by atoms with Gasteiger partial charge in [0.15, 0.2) is 0 Å². The molecule has 0 radical (unpaired) electrons. The molecule has 1 heterocycles. The lowest BCUT2D eigenvalue weighted by atomic mass is 9.99. The summed E-state index contributed by atoms with van der Waals surface area (Å²) in [5.41, 5.74) is 2.53. The average molecular weight is 455 g/mol. The number of methoxy groups -OCH3 is 2. The van der Waals surface area contributed by atoms with E-state index in [1.54, 1.807) is 75.7 Å². The maximum absolute atomic E-state index is 13.6. The summed E-state index contributed by atoms with van der Waals surface area (Å²) in [6, 6.07) is 17.3. The smallest absolute Gasteiger partial charge is 0.279 e. The minimum Gasteiger partial charge on any atom is -0.497 e. The Morgan fingerprint density at radius 1 is 0.969 bits per heavy atom. The van der Waals surface area contributed by atoms with Gasteiger partial charge >= 0.3 is 0 Å². The topological polar surface area (TPSA) is 68.2 Å². The molecule has 0 amide bonds. The largest absolute Gasteiger partial charge is 0.497 e. The van der Waals surface area contributed by atoms with Crippen LogP contribution in [-0.2, 0) is 10.0 Å². The quantitative estimate of drug-likeness (QED) is 0.542. The Kier molecular flexibility index (Phi) is 5.88. The van der Waals surface area contributed by atoms with Crippen LogP contribution >= 0.6 is 0 Å². The third kappa shape index (κ3) is 4.05. The van der Waals surface area contributed by atoms with Gasteiger partial charge in [0.2, 0.25) is 0 Å². The molecule has 6 nitrogen and oxygen atoms in total. The minimum absolute atomic E-state index is 0.181. The van der Waals surface area contributed by atoms with Gasteiger partial charge in [-0.25, -0.2) is 4.39 Å². The number of hydrazone groups is 1. The Morgan fingerprint density at radius 2 is 1.59 bits per heavy atom. The molecule has 0 unspecified atom stereocenters. The van der Waals surface area contributed by atoms with Crippen LogP contribution in [0.25, 0.3) is 0 Å². The normalized spacial score (nSPS) is 16.1. The van der Waals surface area contributed by atoms with Crippen LogP contribution in [0, 0.1) is 12.7 Å². The molecule has 0 N–H and O–H groups in total. The summed E-state index contributed by atoms with van der Waals surface area (Å²) < 4.78 is 52.6. The van der Waals surface area contributed by atoms with Crippen LogP contribution in [0.4, 0.5) is 4.39 Å². The van der Waals surface area contributed by atoms with Crippen LogP contribution < -0.4 is 9.47 Å². The molecule has 8 heteroatoms. The lowest BCUT2D eigenvalue weighted by molar-refractivity contribution is 0.371. The van der Waals surface area contributed by atoms with Crippen molar-refractivity contribution in [1.29, 1.82) is 0 Å². The molecule has 1 aliphatic rings. The number of rotatable bonds is 6. The van der Waals surface area contributed by atoms with E-state index in [9.17, 15) is 12.8 Å². The second-order valence-corrected chi connectivity index (χ2v) is 9.23. The Bertz CT molecular complexity index is 1250. The van der Waals surface area contributed by atoms with E-state index in [1.807, 2.05) is 0 Å². The highest BCUT2D eigenvalue weighted by molar-refractivity contribution is 7.89. The van der Waals surface area contributed by atoms with Crippen molar-refractivity contribution in [2.45, 2.75) is 24.3 Å². The highest BCUT2D eigenvalue weighted by Gasteiger charge is 2.38. The van der Waals surface area contributed by atoms with Gasteiger partial charge in [-0.15, -0.1) is 0 Å². The average Bonchev–Trinajstić information content (AvgIpc) is 3.26. The van der Waals surface area contributed by atoms with E-state index >= 15 is 0 Å². The summed E-state index contributed by atoms with van der Waals surface area (Å²) in [7, 11) is -0.866. The molecule has 1 aliphatic heterocycles. The highest BCUT2D eigenvalue weighted by Crippen LogP contribution is 2.38. The van der Waals surface area contributed by atoms with Crippen molar-refractivity contribution in [1.82, 2.24) is 4.41 Å². The van der Waals surface area contributed by atoms with Crippen molar-refractivity contribution in [2.75, 3.05) is 14.2 Å². The van der Waals surface area contributed by atoms with Crippen LogP contribution in [0.2, 0.25) is 0 Å². The van der Waals surface area contributed by atoms with Gasteiger partial charge in [0.1, 0.15) is 17.3 Å². The number of halogens is 1. The van der Waals surface area contributed by atoms with Crippen LogP contribution in [0.15, 0.2) is 76.7 Å². The fraction of sp³-hybridized carbons (Fsp3) is 0.208. The van der Waals surface area contributed by atoms with Gasteiger partial charge in [0, 0.05) is 18.1 Å². The standard InChI is InChI=1S/C24H23FN2O4S/c1-16-6-4-5-7-24(16)32(28,29)27-23(17-8-10-19(25)11-9-17)15-22(26-27)18-12-20(30-2)14-21(13-18)31-3/h4-14,23H,15H2,1-3H3/t23-/m0/s1. The van der Waals surface area contributed by atoms with Crippen molar-refractivity contribution >= 4 is 15.7 Å². The molecule has 0 fully saturated rings. The molecule has 0 aromatic heterocycles. The SMILES string of the molecule is COc1cc(OC)cc(C2=NN(S(=O)(=O)c3ccccc3C)[C@H](c3ccc(F)cc3)C2)c1. The van der Waals surface area contributed by atoms with Gasteiger partial charge in [0.05, 0.1) is 30.9 Å². The number of nitrogens with zero attached hydrogens (tertiary/aromatic N) is 2. The van der Waals surface area contributed by atoms with Crippen molar-refractivity contribution in [3.63, 3.8) is 0 Å². The molecule has 0 saturated heterocycles. The van der Waals surface area contributed by atoms with Crippen LogP contribution in [0.5, 0.6) is 11.5 Å². The fourth-order valence-corrected chi connectivity index (χ4v) is 5.40. The maximum Gasteiger partial charge on any atom is 0.279 e. The van der Waals surface area contributed by atoms with E-state index < -0.39 is 21.9 Å². The number of ether oxygens (including phenoxy) is 2. The van der Waals surface area contributed by atoms with E-state index in [0.717, 1.165) is 4.41 Å². The number of hydrogen-bond acceptors (Lipinski definition) is 5. The van der Waals surface area contributed by atoms with Crippen molar-refractivity contribution in [3.8, 4) is 11.5 Å². The summed E-state index contributed by atoms with van der Waals surface area (Å²) >= 11 is 0. The zero-order valence-electron chi connectivity index (χ0n) is 17.9. The number of sulfonamides is 1. The Morgan fingerprint density at radius 3 is 2.19 bits per heavy atom. The first-order chi connectivity index (χ1) is 15.3. The number of aryl methyl sites for hydroxylation is 1. The lowest BCUT2D eigenvalue weighted by Gasteiger charge is -2.24. The molecule has 0 spiro atoms. The monoisotopic (exact) mass is 454 g/mol. The zero-order chi connectivity index (χ0) is 22.9. The third-order valence-electron chi connectivity index (χ3n) is 5.43. The van der Waals surface area contributed by atoms with Crippen LogP contribution in [0.1, 0.15) is 29.2 Å². The maximum atomic E-state index is 13.6. The molecule has 0 bridgehead atoms. The van der Waals surface area contributed by atoms with E-state index in [2.05, 4.69) is 5.10 Å². The van der Waals surface area contributed by atoms with E-state index in [0.29, 0.717) is 40.3 Å². The summed E-state index contributed by atoms with van der Waals surface area (Å²) in [6.45, 7) is 1.74. The first-order valence-electron chi connectivity index (χ1n) is 10.00. The number of hydrogen-bond donors (Lipinski definition) is 0. The van der Waals surface area contributed by atoms with Gasteiger partial charge in [-0.05, 0) is 48.4 Å². The number of benzene rings is 3. The fourth-order valence-electron chi connectivity index (χ4n) is 3.74. The molecular weight excluding hydrogens is 431 g/mol. The first kappa shape index (κ1) is 21.8. The molecule has 1 atom stereocenters. The summed E-state index contributed by atoms with van der Waals surface area (Å²) in [6.07, 6.45) is 0.313. The lowest BCUT2D eigenvalue weighted by Crippen LogP contribution is -2.28. The van der Waals surface area contributed by atoms with E-state index in [4.69, 9.17) is 9.47 Å². The predicted octanol–water partition coefficient (Wildman–Crippen LogP) is 4.69. The first-order valence-corrected chi connectivity index (χ1v) is 11.4. The Balaban J connectivity index is 1.84. The third-order valence-corrected chi connectivity index (χ3v) is 7.27. The Labute approximate surface area is 187 Å². The molecule has 166 valence electrons. The molecule has 32 heavy (non-hydrogen) atoms. The summed E-state index contributed by atoms with van der Waals surface area (Å²) in [5, 5.41) is 4.54. The molecular formula is C24H23FN2O4S. The second-order valence-electron chi connectivity index (χ2n) is 7.46. The van der Waals surface area contributed by atoms with Gasteiger partial charge in [-0.2, -0.15) is 17.9 Å². The van der Waals surface area contributed by atoms with Gasteiger partial charge in [-0.1, -0.05) is 30.3 Å². The van der Waals surface area contributed by atoms with Gasteiger partial charge in [-0.3, -0.25) is 0 Å². The van der Waals surface area contributed by atoms with Crippen molar-refractivity contribution in [3.05, 3.63) is 89.2 Å². The van der Waals surface area contributed by atoms with E-state index in [1.165, 1.54) is 12.1 Å². The highest BCUT2D eigenvalue weighted by atomic mass is 32.2. The second kappa shape index (κ2) is 8.63. The summed E-state index contributed by atoms with van der Waals surface area (Å²) in [5.74, 6) is 0.750. The zero-order valence-corrected chi connectivity index (χ0v) is 18.8. The summed E-state index contributed by atoms with van der Waals surface area (Å²) in [4.78, 5) is 0.181. The van der Waals surface area contributed by atoms with Crippen molar-refractivity contribution < 1.29 is 22.3 Å². The van der Waals surface area contributed by atoms with Gasteiger partial charge in [0.25, 0.3) is 10.0 Å². The molecule has 0 aliphatic carbocycles. The molecule has 4 rings (SSSR count). The molecule has 0 saturated carbocycles. The van der Waals surface area contributed by atoms with E-state index in [-0.39, 0.29) is 4.90 Å². The Hall–Kier alpha value is -3.39. The molecule has 3 aromatic rings. The predicted molar refractivity (Wildman–Crippen MR) is 120 cm³/mol. The molecule has 3 aromatic carbocycles.